The van der Waals surface area contributed by atoms with Crippen molar-refractivity contribution < 1.29 is 0 Å². The number of hydrogen-bond acceptors (Lipinski definition) is 3. The molecule has 84 valence electrons. The molecule has 0 bridgehead atoms. The van der Waals surface area contributed by atoms with Crippen LogP contribution in [0.3, 0.4) is 0 Å². The highest BCUT2D eigenvalue weighted by molar-refractivity contribution is 6.33. The molecular formula is C10H10Cl2N4. The highest BCUT2D eigenvalue weighted by Crippen LogP contribution is 2.27. The molecule has 2 aromatic heterocycles. The van der Waals surface area contributed by atoms with Crippen molar-refractivity contribution in [1.29, 1.82) is 0 Å². The zero-order valence-electron chi connectivity index (χ0n) is 8.69. The highest BCUT2D eigenvalue weighted by atomic mass is 35.5. The number of aromatic nitrogens is 4. The number of halogens is 2. The zero-order valence-corrected chi connectivity index (χ0v) is 10.2. The van der Waals surface area contributed by atoms with Crippen molar-refractivity contribution in [2.45, 2.75) is 19.9 Å². The predicted molar refractivity (Wildman–Crippen MR) is 63.6 cm³/mol. The average molecular weight is 257 g/mol. The van der Waals surface area contributed by atoms with E-state index in [9.17, 15) is 0 Å². The first-order chi connectivity index (χ1) is 7.72. The van der Waals surface area contributed by atoms with Gasteiger partial charge in [0.1, 0.15) is 0 Å². The maximum Gasteiger partial charge on any atom is 0.161 e. The van der Waals surface area contributed by atoms with Gasteiger partial charge in [0.2, 0.25) is 0 Å². The molecule has 2 rings (SSSR count). The molecule has 0 unspecified atom stereocenters. The van der Waals surface area contributed by atoms with Crippen LogP contribution in [0.25, 0.3) is 11.3 Å². The first kappa shape index (κ1) is 11.4. The molecule has 0 N–H and O–H groups in total. The Hall–Kier alpha value is -1.13. The molecule has 4 nitrogen and oxygen atoms in total. The molecule has 2 aromatic rings. The lowest BCUT2D eigenvalue weighted by Crippen LogP contribution is -2.02. The number of nitrogens with zero attached hydrogens (tertiary/aromatic N) is 4. The third-order valence-electron chi connectivity index (χ3n) is 2.15. The Morgan fingerprint density at radius 3 is 2.88 bits per heavy atom. The Kier molecular flexibility index (Phi) is 3.41. The van der Waals surface area contributed by atoms with Crippen LogP contribution in [0.1, 0.15) is 13.3 Å². The number of hydrogen-bond donors (Lipinski definition) is 0. The largest absolute Gasteiger partial charge is 0.265 e. The Balaban J connectivity index is 2.49. The van der Waals surface area contributed by atoms with Crippen LogP contribution in [0.2, 0.25) is 10.3 Å². The standard InChI is InChI=1S/C10H10Cl2N4/c1-2-5-16-8(3-4-13-16)7-6-9(11)14-15-10(7)12/h3-4,6H,2,5H2,1H3. The van der Waals surface area contributed by atoms with Gasteiger partial charge in [0, 0.05) is 18.3 Å². The summed E-state index contributed by atoms with van der Waals surface area (Å²) >= 11 is 11.8. The summed E-state index contributed by atoms with van der Waals surface area (Å²) < 4.78 is 1.87. The van der Waals surface area contributed by atoms with Crippen LogP contribution in [0, 0.1) is 0 Å². The maximum absolute atomic E-state index is 5.99. The molecule has 0 aliphatic heterocycles. The molecule has 16 heavy (non-hydrogen) atoms. The van der Waals surface area contributed by atoms with Crippen molar-refractivity contribution in [1.82, 2.24) is 20.0 Å². The molecule has 0 atom stereocenters. The van der Waals surface area contributed by atoms with Gasteiger partial charge in [-0.2, -0.15) is 5.10 Å². The first-order valence-corrected chi connectivity index (χ1v) is 5.69. The summed E-state index contributed by atoms with van der Waals surface area (Å²) in [7, 11) is 0. The van der Waals surface area contributed by atoms with Gasteiger partial charge in [-0.05, 0) is 18.6 Å². The lowest BCUT2D eigenvalue weighted by molar-refractivity contribution is 0.609. The number of rotatable bonds is 3. The molecule has 0 aliphatic carbocycles. The number of aryl methyl sites for hydroxylation is 1. The average Bonchev–Trinajstić information content (AvgIpc) is 2.70. The van der Waals surface area contributed by atoms with E-state index < -0.39 is 0 Å². The van der Waals surface area contributed by atoms with Crippen LogP contribution in [0.15, 0.2) is 18.3 Å². The van der Waals surface area contributed by atoms with E-state index in [1.807, 2.05) is 10.7 Å². The van der Waals surface area contributed by atoms with E-state index in [2.05, 4.69) is 22.2 Å². The van der Waals surface area contributed by atoms with Crippen molar-refractivity contribution in [3.63, 3.8) is 0 Å². The van der Waals surface area contributed by atoms with Crippen molar-refractivity contribution >= 4 is 23.2 Å². The van der Waals surface area contributed by atoms with Gasteiger partial charge in [-0.1, -0.05) is 30.1 Å². The molecule has 6 heteroatoms. The van der Waals surface area contributed by atoms with Crippen LogP contribution < -0.4 is 0 Å². The third kappa shape index (κ3) is 2.18. The van der Waals surface area contributed by atoms with E-state index in [1.165, 1.54) is 0 Å². The first-order valence-electron chi connectivity index (χ1n) is 4.93. The second-order valence-electron chi connectivity index (χ2n) is 3.31. The molecule has 0 radical (unpaired) electrons. The van der Waals surface area contributed by atoms with Crippen LogP contribution in [0.4, 0.5) is 0 Å². The van der Waals surface area contributed by atoms with Crippen molar-refractivity contribution in [3.8, 4) is 11.3 Å². The summed E-state index contributed by atoms with van der Waals surface area (Å²) in [5, 5.41) is 12.3. The summed E-state index contributed by atoms with van der Waals surface area (Å²) in [4.78, 5) is 0. The Labute approximate surface area is 103 Å². The second-order valence-corrected chi connectivity index (χ2v) is 4.06. The summed E-state index contributed by atoms with van der Waals surface area (Å²) in [5.74, 6) is 0. The van der Waals surface area contributed by atoms with Gasteiger partial charge in [-0.3, -0.25) is 4.68 Å². The van der Waals surface area contributed by atoms with Gasteiger partial charge in [0.05, 0.1) is 5.69 Å². The van der Waals surface area contributed by atoms with Gasteiger partial charge in [0.25, 0.3) is 0 Å². The summed E-state index contributed by atoms with van der Waals surface area (Å²) in [5.41, 5.74) is 1.66. The van der Waals surface area contributed by atoms with Gasteiger partial charge in [-0.25, -0.2) is 0 Å². The third-order valence-corrected chi connectivity index (χ3v) is 2.61. The summed E-state index contributed by atoms with van der Waals surface area (Å²) in [6.45, 7) is 2.92. The molecule has 0 fully saturated rings. The van der Waals surface area contributed by atoms with E-state index in [1.54, 1.807) is 12.3 Å². The fourth-order valence-corrected chi connectivity index (χ4v) is 1.82. The van der Waals surface area contributed by atoms with Crippen molar-refractivity contribution in [2.75, 3.05) is 0 Å². The van der Waals surface area contributed by atoms with E-state index in [0.717, 1.165) is 24.2 Å². The zero-order chi connectivity index (χ0) is 11.5. The highest BCUT2D eigenvalue weighted by Gasteiger charge is 2.11. The lowest BCUT2D eigenvalue weighted by atomic mass is 10.2. The molecule has 0 aromatic carbocycles. The fourth-order valence-electron chi connectivity index (χ4n) is 1.48. The molecule has 2 heterocycles. The topological polar surface area (TPSA) is 43.6 Å². The van der Waals surface area contributed by atoms with Crippen LogP contribution >= 0.6 is 23.2 Å². The lowest BCUT2D eigenvalue weighted by Gasteiger charge is -2.06. The van der Waals surface area contributed by atoms with Crippen molar-refractivity contribution in [3.05, 3.63) is 28.6 Å². The minimum atomic E-state index is 0.323. The second kappa shape index (κ2) is 4.80. The van der Waals surface area contributed by atoms with Crippen LogP contribution in [-0.4, -0.2) is 20.0 Å². The van der Waals surface area contributed by atoms with Gasteiger partial charge in [-0.15, -0.1) is 10.2 Å². The molecule has 0 saturated carbocycles. The van der Waals surface area contributed by atoms with E-state index >= 15 is 0 Å². The van der Waals surface area contributed by atoms with Crippen LogP contribution in [-0.2, 0) is 6.54 Å². The summed E-state index contributed by atoms with van der Waals surface area (Å²) in [6, 6.07) is 3.58. The SMILES string of the molecule is CCCn1nccc1-c1cc(Cl)nnc1Cl. The minimum Gasteiger partial charge on any atom is -0.265 e. The Morgan fingerprint density at radius 2 is 2.12 bits per heavy atom. The van der Waals surface area contributed by atoms with E-state index in [0.29, 0.717) is 10.3 Å². The van der Waals surface area contributed by atoms with Gasteiger partial charge in [0.15, 0.2) is 10.3 Å². The van der Waals surface area contributed by atoms with Crippen molar-refractivity contribution in [2.24, 2.45) is 0 Å². The fraction of sp³-hybridized carbons (Fsp3) is 0.300. The smallest absolute Gasteiger partial charge is 0.161 e. The van der Waals surface area contributed by atoms with Gasteiger partial charge < -0.3 is 0 Å². The normalized spacial score (nSPS) is 10.7. The van der Waals surface area contributed by atoms with E-state index in [-0.39, 0.29) is 0 Å². The predicted octanol–water partition coefficient (Wildman–Crippen LogP) is 3.06. The van der Waals surface area contributed by atoms with Crippen LogP contribution in [0.5, 0.6) is 0 Å². The minimum absolute atomic E-state index is 0.323. The van der Waals surface area contributed by atoms with Gasteiger partial charge >= 0.3 is 0 Å². The molecule has 0 spiro atoms. The van der Waals surface area contributed by atoms with E-state index in [4.69, 9.17) is 23.2 Å². The molecule has 0 saturated heterocycles. The monoisotopic (exact) mass is 256 g/mol. The Morgan fingerprint density at radius 1 is 1.31 bits per heavy atom. The Bertz CT molecular complexity index is 495. The maximum atomic E-state index is 5.99. The molecular weight excluding hydrogens is 247 g/mol. The molecule has 0 aliphatic rings. The molecule has 0 amide bonds. The quantitative estimate of drug-likeness (QED) is 0.848. The summed E-state index contributed by atoms with van der Waals surface area (Å²) in [6.07, 6.45) is 2.73.